The smallest absolute Gasteiger partial charge is 0.304 e. The molecule has 7 aromatic rings. The SMILES string of the molecule is CC(=O)N1CCN(c2ccc(N)c(Nc3ccccc3)c2)CC1.CC(=O)N1CCN(c2ccc([N+](=O)[O-])c(Nc3ccccc3)c2)CC1.O=[N+]([O-])c1ccc(Cl)cc1F.O=[N+]([O-])c1ccc(Cl)cc1Nc1ccccc1. The number of anilines is 9. The largest absolute Gasteiger partial charge is 0.397 e. The number of nitrogens with two attached hydrogens (primary N) is 1. The van der Waals surface area contributed by atoms with Gasteiger partial charge in [0.2, 0.25) is 17.6 Å². The minimum absolute atomic E-state index is 0.00162. The van der Waals surface area contributed by atoms with Crippen molar-refractivity contribution in [3.63, 3.8) is 0 Å². The molecule has 22 heteroatoms. The summed E-state index contributed by atoms with van der Waals surface area (Å²) in [6.45, 7) is 9.15. The Bertz CT molecular complexity index is 3110. The van der Waals surface area contributed by atoms with Gasteiger partial charge in [0.15, 0.2) is 0 Å². The second-order valence-corrected chi connectivity index (χ2v) is 17.8. The van der Waals surface area contributed by atoms with Gasteiger partial charge in [-0.3, -0.25) is 39.9 Å². The zero-order valence-corrected chi connectivity index (χ0v) is 42.9. The fourth-order valence-electron chi connectivity index (χ4n) is 7.82. The highest BCUT2D eigenvalue weighted by Crippen LogP contribution is 2.34. The molecule has 0 saturated carbocycles. The van der Waals surface area contributed by atoms with Crippen LogP contribution in [0.5, 0.6) is 0 Å². The van der Waals surface area contributed by atoms with Gasteiger partial charge in [0.05, 0.1) is 26.1 Å². The maximum atomic E-state index is 12.6. The Kier molecular flexibility index (Phi) is 20.2. The van der Waals surface area contributed by atoms with Crippen molar-refractivity contribution in [2.24, 2.45) is 0 Å². The lowest BCUT2D eigenvalue weighted by Crippen LogP contribution is -2.48. The average Bonchev–Trinajstić information content (AvgIpc) is 3.40. The van der Waals surface area contributed by atoms with Crippen LogP contribution >= 0.6 is 23.2 Å². The molecule has 0 atom stereocenters. The maximum absolute atomic E-state index is 12.6. The first-order chi connectivity index (χ1) is 36.4. The quantitative estimate of drug-likeness (QED) is 0.0535. The van der Waals surface area contributed by atoms with Crippen molar-refractivity contribution >= 4 is 103 Å². The standard InChI is InChI=1S/C18H20N4O3.C18H22N4O.C12H9ClN2O2.C6H3ClFNO2/c1-14(23)20-9-11-21(12-10-20)16-7-8-18(22(24)25)17(13-16)19-15-5-3-2-4-6-15;1-14(23)21-9-11-22(12-10-21)16-7-8-17(19)18(13-16)20-15-5-3-2-4-6-15;13-9-6-7-12(15(16)17)11(8-9)14-10-4-2-1-3-5-10;7-4-1-2-6(9(10)11)5(8)3-4/h2-8,13,19H,9-12H2,1H3;2-8,13,20H,9-12,19H2,1H3;1-8,14H;1-3H. The Hall–Kier alpha value is -9.01. The van der Waals surface area contributed by atoms with Crippen molar-refractivity contribution < 1.29 is 28.7 Å². The van der Waals surface area contributed by atoms with Gasteiger partial charge in [-0.1, -0.05) is 77.8 Å². The van der Waals surface area contributed by atoms with Crippen LogP contribution < -0.4 is 31.5 Å². The van der Waals surface area contributed by atoms with Gasteiger partial charge in [0.1, 0.15) is 11.4 Å². The molecule has 0 aromatic heterocycles. The number of carbonyl (C=O) groups is 2. The molecule has 9 rings (SSSR count). The third-order valence-corrected chi connectivity index (χ3v) is 12.3. The zero-order valence-electron chi connectivity index (χ0n) is 41.4. The summed E-state index contributed by atoms with van der Waals surface area (Å²) in [7, 11) is 0. The number of nitrogen functional groups attached to an aromatic ring is 1. The van der Waals surface area contributed by atoms with Crippen molar-refractivity contribution in [2.45, 2.75) is 13.8 Å². The number of nitrogens with one attached hydrogen (secondary N) is 3. The number of nitrogens with zero attached hydrogens (tertiary/aromatic N) is 7. The Morgan fingerprint density at radius 3 is 1.21 bits per heavy atom. The Morgan fingerprint density at radius 2 is 0.816 bits per heavy atom. The number of para-hydroxylation sites is 3. The highest BCUT2D eigenvalue weighted by atomic mass is 35.5. The highest BCUT2D eigenvalue weighted by molar-refractivity contribution is 6.31. The molecule has 0 unspecified atom stereocenters. The van der Waals surface area contributed by atoms with Crippen LogP contribution in [0, 0.1) is 36.2 Å². The van der Waals surface area contributed by atoms with E-state index in [0.717, 1.165) is 78.1 Å². The number of rotatable bonds is 11. The van der Waals surface area contributed by atoms with Crippen LogP contribution in [0.4, 0.5) is 72.6 Å². The van der Waals surface area contributed by atoms with E-state index in [9.17, 15) is 44.3 Å². The lowest BCUT2D eigenvalue weighted by molar-refractivity contribution is -0.387. The van der Waals surface area contributed by atoms with Crippen molar-refractivity contribution in [1.29, 1.82) is 0 Å². The van der Waals surface area contributed by atoms with Crippen LogP contribution in [0.25, 0.3) is 0 Å². The van der Waals surface area contributed by atoms with Gasteiger partial charge < -0.3 is 41.3 Å². The molecule has 2 fully saturated rings. The van der Waals surface area contributed by atoms with Crippen LogP contribution in [0.1, 0.15) is 13.8 Å². The molecular formula is C54H54Cl2FN11O8. The Morgan fingerprint density at radius 1 is 0.474 bits per heavy atom. The minimum Gasteiger partial charge on any atom is -0.397 e. The summed E-state index contributed by atoms with van der Waals surface area (Å²) >= 11 is 11.2. The predicted molar refractivity (Wildman–Crippen MR) is 298 cm³/mol. The minimum atomic E-state index is -0.914. The number of nitro groups is 3. The van der Waals surface area contributed by atoms with Gasteiger partial charge in [-0.2, -0.15) is 4.39 Å². The van der Waals surface area contributed by atoms with Crippen LogP contribution in [0.15, 0.2) is 164 Å². The predicted octanol–water partition coefficient (Wildman–Crippen LogP) is 12.1. The number of carbonyl (C=O) groups excluding carboxylic acids is 2. The van der Waals surface area contributed by atoms with Crippen molar-refractivity contribution in [3.8, 4) is 0 Å². The molecule has 394 valence electrons. The molecule has 2 saturated heterocycles. The lowest BCUT2D eigenvalue weighted by atomic mass is 10.2. The average molecular weight is 1070 g/mol. The molecule has 7 aromatic carbocycles. The number of piperazine rings is 2. The summed E-state index contributed by atoms with van der Waals surface area (Å²) in [5.41, 5.74) is 12.7. The van der Waals surface area contributed by atoms with Gasteiger partial charge in [0, 0.05) is 123 Å². The third-order valence-electron chi connectivity index (χ3n) is 11.8. The molecule has 5 N–H and O–H groups in total. The molecule has 19 nitrogen and oxygen atoms in total. The van der Waals surface area contributed by atoms with Gasteiger partial charge >= 0.3 is 5.69 Å². The molecule has 0 spiro atoms. The summed E-state index contributed by atoms with van der Waals surface area (Å²) in [4.78, 5) is 61.6. The van der Waals surface area contributed by atoms with E-state index >= 15 is 0 Å². The third kappa shape index (κ3) is 16.5. The molecule has 0 aliphatic carbocycles. The Balaban J connectivity index is 0.000000171. The molecule has 2 amide bonds. The summed E-state index contributed by atoms with van der Waals surface area (Å²) < 4.78 is 12.6. The maximum Gasteiger partial charge on any atom is 0.304 e. The Labute approximate surface area is 447 Å². The lowest BCUT2D eigenvalue weighted by Gasteiger charge is -2.35. The molecule has 76 heavy (non-hydrogen) atoms. The van der Waals surface area contributed by atoms with E-state index in [1.165, 1.54) is 30.3 Å². The van der Waals surface area contributed by atoms with Crippen LogP contribution in [0.3, 0.4) is 0 Å². The fourth-order valence-corrected chi connectivity index (χ4v) is 8.15. The number of hydrogen-bond donors (Lipinski definition) is 4. The van der Waals surface area contributed by atoms with E-state index < -0.39 is 21.4 Å². The van der Waals surface area contributed by atoms with E-state index in [1.54, 1.807) is 26.0 Å². The van der Waals surface area contributed by atoms with E-state index in [1.807, 2.05) is 113 Å². The van der Waals surface area contributed by atoms with E-state index in [0.29, 0.717) is 42.6 Å². The van der Waals surface area contributed by atoms with Gasteiger partial charge in [-0.05, 0) is 91.0 Å². The van der Waals surface area contributed by atoms with Gasteiger partial charge in [-0.25, -0.2) is 0 Å². The molecule has 0 bridgehead atoms. The van der Waals surface area contributed by atoms with Crippen molar-refractivity contribution in [1.82, 2.24) is 9.80 Å². The van der Waals surface area contributed by atoms with Gasteiger partial charge in [-0.15, -0.1) is 0 Å². The zero-order chi connectivity index (χ0) is 54.7. The number of amides is 2. The van der Waals surface area contributed by atoms with Crippen molar-refractivity contribution in [3.05, 3.63) is 210 Å². The molecular weight excluding hydrogens is 1020 g/mol. The second-order valence-electron chi connectivity index (χ2n) is 17.0. The number of benzene rings is 7. The van der Waals surface area contributed by atoms with Gasteiger partial charge in [0.25, 0.3) is 11.4 Å². The summed E-state index contributed by atoms with van der Waals surface area (Å²) in [5.74, 6) is -0.689. The van der Waals surface area contributed by atoms with E-state index in [-0.39, 0.29) is 33.1 Å². The highest BCUT2D eigenvalue weighted by Gasteiger charge is 2.23. The first-order valence-electron chi connectivity index (χ1n) is 23.6. The number of nitro benzene ring substituents is 3. The normalized spacial score (nSPS) is 12.8. The van der Waals surface area contributed by atoms with E-state index in [2.05, 4.69) is 31.8 Å². The van der Waals surface area contributed by atoms with Crippen LogP contribution in [0.2, 0.25) is 10.0 Å². The van der Waals surface area contributed by atoms with Crippen molar-refractivity contribution in [2.75, 3.05) is 83.8 Å². The first-order valence-corrected chi connectivity index (χ1v) is 24.4. The number of halogens is 3. The summed E-state index contributed by atoms with van der Waals surface area (Å²) in [5, 5.41) is 42.3. The monoisotopic (exact) mass is 1070 g/mol. The fraction of sp³-hybridized carbons (Fsp3) is 0.185. The van der Waals surface area contributed by atoms with E-state index in [4.69, 9.17) is 28.9 Å². The van der Waals surface area contributed by atoms with Crippen LogP contribution in [-0.4, -0.2) is 88.7 Å². The summed E-state index contributed by atoms with van der Waals surface area (Å²) in [6.07, 6.45) is 0. The number of hydrogen-bond acceptors (Lipinski definition) is 14. The molecule has 2 heterocycles. The molecule has 0 radical (unpaired) electrons. The second kappa shape index (κ2) is 27.3. The molecule has 2 aliphatic heterocycles. The van der Waals surface area contributed by atoms with Crippen LogP contribution in [-0.2, 0) is 9.59 Å². The molecule has 2 aliphatic rings. The first kappa shape index (κ1) is 56.3. The topological polar surface area (TPSA) is 239 Å². The summed E-state index contributed by atoms with van der Waals surface area (Å²) in [6, 6.07) is 47.3.